The van der Waals surface area contributed by atoms with E-state index >= 15 is 0 Å². The Morgan fingerprint density at radius 1 is 1.24 bits per heavy atom. The fourth-order valence-electron chi connectivity index (χ4n) is 2.41. The van der Waals surface area contributed by atoms with Gasteiger partial charge in [0.15, 0.2) is 0 Å². The molecule has 3 aromatic rings. The lowest BCUT2D eigenvalue weighted by atomic mass is 10.0. The second-order valence-corrected chi connectivity index (χ2v) is 6.36. The van der Waals surface area contributed by atoms with E-state index in [1.807, 2.05) is 0 Å². The highest BCUT2D eigenvalue weighted by molar-refractivity contribution is 6.33. The van der Waals surface area contributed by atoms with Crippen LogP contribution in [0.25, 0.3) is 11.1 Å². The molecule has 0 atom stereocenters. The fraction of sp³-hybridized carbons (Fsp3) is 0.167. The van der Waals surface area contributed by atoms with Crippen LogP contribution in [0.4, 0.5) is 17.6 Å². The maximum atomic E-state index is 13.0. The highest BCUT2D eigenvalue weighted by atomic mass is 35.5. The maximum absolute atomic E-state index is 13.0. The zero-order valence-corrected chi connectivity index (χ0v) is 15.6. The third kappa shape index (κ3) is 4.83. The normalized spacial score (nSPS) is 11.6. The van der Waals surface area contributed by atoms with Gasteiger partial charge in [-0.25, -0.2) is 5.43 Å². The Bertz CT molecular complexity index is 1020. The molecule has 11 heteroatoms. The largest absolute Gasteiger partial charge is 0.461 e. The molecule has 0 bridgehead atoms. The van der Waals surface area contributed by atoms with Gasteiger partial charge in [-0.3, -0.25) is 4.79 Å². The maximum Gasteiger partial charge on any atom is 0.461 e. The van der Waals surface area contributed by atoms with Crippen LogP contribution >= 0.6 is 11.6 Å². The average molecular weight is 430 g/mol. The van der Waals surface area contributed by atoms with Gasteiger partial charge in [0.05, 0.1) is 7.05 Å². The van der Waals surface area contributed by atoms with Gasteiger partial charge in [0.1, 0.15) is 5.75 Å². The molecule has 0 aliphatic rings. The number of aromatic nitrogens is 3. The van der Waals surface area contributed by atoms with E-state index in [-0.39, 0.29) is 10.6 Å². The van der Waals surface area contributed by atoms with E-state index in [1.54, 1.807) is 19.4 Å². The van der Waals surface area contributed by atoms with Gasteiger partial charge in [0.2, 0.25) is 6.33 Å². The number of hydrogen-bond acceptors (Lipinski definition) is 3. The van der Waals surface area contributed by atoms with Crippen LogP contribution in [0.5, 0.6) is 5.75 Å². The van der Waals surface area contributed by atoms with E-state index in [0.717, 1.165) is 12.1 Å². The summed E-state index contributed by atoms with van der Waals surface area (Å²) in [5, 5.41) is 4.15. The highest BCUT2D eigenvalue weighted by Gasteiger charge is 2.43. The number of halogens is 5. The smallest absolute Gasteiger partial charge is 0.428 e. The predicted molar refractivity (Wildman–Crippen MR) is 95.6 cm³/mol. The van der Waals surface area contributed by atoms with Crippen molar-refractivity contribution in [3.63, 3.8) is 0 Å². The molecule has 1 heterocycles. The number of alkyl halides is 4. The SMILES string of the molecule is Cn1c[n+](NC(=O)c2ccc(-c3ccc(OC(F)(F)C(F)F)cc3)c(Cl)c2)cn1. The molecule has 0 radical (unpaired) electrons. The molecule has 1 N–H and O–H groups in total. The third-order valence-corrected chi connectivity index (χ3v) is 4.10. The quantitative estimate of drug-likeness (QED) is 0.480. The van der Waals surface area contributed by atoms with Crippen molar-refractivity contribution in [2.24, 2.45) is 7.05 Å². The van der Waals surface area contributed by atoms with Gasteiger partial charge in [0.25, 0.3) is 12.2 Å². The summed E-state index contributed by atoms with van der Waals surface area (Å²) >= 11 is 6.25. The molecule has 0 saturated carbocycles. The molecule has 6 nitrogen and oxygen atoms in total. The van der Waals surface area contributed by atoms with Crippen LogP contribution in [-0.2, 0) is 7.05 Å². The van der Waals surface area contributed by atoms with E-state index in [4.69, 9.17) is 11.6 Å². The summed E-state index contributed by atoms with van der Waals surface area (Å²) in [4.78, 5) is 12.3. The second kappa shape index (κ2) is 8.08. The minimum atomic E-state index is -4.58. The number of ether oxygens (including phenoxy) is 1. The van der Waals surface area contributed by atoms with Gasteiger partial charge in [-0.1, -0.05) is 29.8 Å². The van der Waals surface area contributed by atoms with Crippen LogP contribution < -0.4 is 14.8 Å². The van der Waals surface area contributed by atoms with Crippen LogP contribution in [0.15, 0.2) is 55.1 Å². The Kier molecular flexibility index (Phi) is 5.73. The molecule has 0 aliphatic carbocycles. The predicted octanol–water partition coefficient (Wildman–Crippen LogP) is 3.65. The van der Waals surface area contributed by atoms with E-state index in [9.17, 15) is 22.4 Å². The number of rotatable bonds is 6. The molecule has 3 rings (SSSR count). The van der Waals surface area contributed by atoms with Gasteiger partial charge in [-0.05, 0) is 29.8 Å². The van der Waals surface area contributed by atoms with E-state index < -0.39 is 24.2 Å². The average Bonchev–Trinajstić information content (AvgIpc) is 3.06. The zero-order chi connectivity index (χ0) is 21.2. The molecule has 0 unspecified atom stereocenters. The molecule has 29 heavy (non-hydrogen) atoms. The van der Waals surface area contributed by atoms with Crippen LogP contribution in [0.1, 0.15) is 10.4 Å². The van der Waals surface area contributed by atoms with Crippen LogP contribution in [0, 0.1) is 0 Å². The first-order valence-corrected chi connectivity index (χ1v) is 8.50. The molecule has 0 fully saturated rings. The summed E-state index contributed by atoms with van der Waals surface area (Å²) in [5.74, 6) is -0.839. The van der Waals surface area contributed by atoms with Crippen molar-refractivity contribution >= 4 is 17.5 Å². The van der Waals surface area contributed by atoms with Gasteiger partial charge >= 0.3 is 12.5 Å². The van der Waals surface area contributed by atoms with E-state index in [0.29, 0.717) is 11.1 Å². The summed E-state index contributed by atoms with van der Waals surface area (Å²) in [6.07, 6.45) is -5.56. The fourth-order valence-corrected chi connectivity index (χ4v) is 2.70. The summed E-state index contributed by atoms with van der Waals surface area (Å²) in [6.45, 7) is 0. The number of carbonyl (C=O) groups excluding carboxylic acids is 1. The third-order valence-electron chi connectivity index (χ3n) is 3.78. The molecular weight excluding hydrogens is 416 g/mol. The number of aryl methyl sites for hydroxylation is 1. The van der Waals surface area contributed by atoms with Gasteiger partial charge in [-0.2, -0.15) is 17.6 Å². The van der Waals surface area contributed by atoms with Gasteiger partial charge < -0.3 is 4.74 Å². The monoisotopic (exact) mass is 429 g/mol. The minimum absolute atomic E-state index is 0.236. The summed E-state index contributed by atoms with van der Waals surface area (Å²) < 4.78 is 57.2. The van der Waals surface area contributed by atoms with Crippen molar-refractivity contribution in [3.05, 3.63) is 65.7 Å². The van der Waals surface area contributed by atoms with Crippen LogP contribution in [0.2, 0.25) is 5.02 Å². The van der Waals surface area contributed by atoms with Crippen molar-refractivity contribution in [3.8, 4) is 16.9 Å². The number of nitrogens with one attached hydrogen (secondary N) is 1. The zero-order valence-electron chi connectivity index (χ0n) is 14.8. The molecule has 152 valence electrons. The standard InChI is InChI=1S/C18H13ClF4N4O2/c1-26-10-27(9-24-26)25-16(28)12-4-7-14(15(19)8-12)11-2-5-13(6-3-11)29-18(22,23)17(20)21/h2-10,17H,1H3/p+1. The number of carbonyl (C=O) groups is 1. The summed E-state index contributed by atoms with van der Waals surface area (Å²) in [6, 6.07) is 9.59. The first-order valence-electron chi connectivity index (χ1n) is 8.12. The lowest BCUT2D eigenvalue weighted by molar-refractivity contribution is -0.642. The van der Waals surface area contributed by atoms with Crippen molar-refractivity contribution < 1.29 is 31.8 Å². The molecule has 2 aromatic carbocycles. The highest BCUT2D eigenvalue weighted by Crippen LogP contribution is 2.32. The molecule has 0 aliphatic heterocycles. The van der Waals surface area contributed by atoms with Gasteiger partial charge in [-0.15, -0.1) is 9.36 Å². The first kappa shape index (κ1) is 20.6. The van der Waals surface area contributed by atoms with Crippen LogP contribution in [0.3, 0.4) is 0 Å². The van der Waals surface area contributed by atoms with E-state index in [1.165, 1.54) is 40.0 Å². The van der Waals surface area contributed by atoms with Crippen molar-refractivity contribution in [2.45, 2.75) is 12.5 Å². The Morgan fingerprint density at radius 2 is 1.93 bits per heavy atom. The summed E-state index contributed by atoms with van der Waals surface area (Å²) in [7, 11) is 1.69. The minimum Gasteiger partial charge on any atom is -0.428 e. The Balaban J connectivity index is 1.75. The Hall–Kier alpha value is -3.14. The lowest BCUT2D eigenvalue weighted by Crippen LogP contribution is -2.46. The topological polar surface area (TPSA) is 60.0 Å². The van der Waals surface area contributed by atoms with Crippen molar-refractivity contribution in [2.75, 3.05) is 5.43 Å². The number of hydrogen-bond donors (Lipinski definition) is 1. The molecule has 0 saturated heterocycles. The Labute approximate surface area is 167 Å². The summed E-state index contributed by atoms with van der Waals surface area (Å²) in [5.41, 5.74) is 3.92. The molecule has 1 aromatic heterocycles. The molecular formula is C18H14ClF4N4O2+. The van der Waals surface area contributed by atoms with Crippen molar-refractivity contribution in [1.82, 2.24) is 9.78 Å². The number of benzene rings is 2. The number of nitrogens with zero attached hydrogens (tertiary/aromatic N) is 3. The van der Waals surface area contributed by atoms with Crippen molar-refractivity contribution in [1.29, 1.82) is 0 Å². The first-order chi connectivity index (χ1) is 13.7. The second-order valence-electron chi connectivity index (χ2n) is 5.95. The van der Waals surface area contributed by atoms with Gasteiger partial charge in [0, 0.05) is 21.2 Å². The van der Waals surface area contributed by atoms with E-state index in [2.05, 4.69) is 15.3 Å². The molecule has 0 spiro atoms. The number of amides is 1. The Morgan fingerprint density at radius 3 is 2.48 bits per heavy atom. The van der Waals surface area contributed by atoms with Crippen LogP contribution in [-0.4, -0.2) is 28.2 Å². The molecule has 1 amide bonds. The lowest BCUT2D eigenvalue weighted by Gasteiger charge is -2.17.